The van der Waals surface area contributed by atoms with E-state index in [1.807, 2.05) is 29.7 Å². The fraction of sp³-hybridized carbons (Fsp3) is 0.385. The van der Waals surface area contributed by atoms with Crippen molar-refractivity contribution in [3.63, 3.8) is 0 Å². The van der Waals surface area contributed by atoms with E-state index in [-0.39, 0.29) is 0 Å². The van der Waals surface area contributed by atoms with Crippen LogP contribution in [0.25, 0.3) is 17.0 Å². The van der Waals surface area contributed by atoms with Gasteiger partial charge in [0.25, 0.3) is 0 Å². The van der Waals surface area contributed by atoms with Crippen molar-refractivity contribution in [3.8, 4) is 5.82 Å². The zero-order valence-corrected chi connectivity index (χ0v) is 20.9. The molecule has 3 aromatic heterocycles. The number of aliphatic hydroxyl groups is 1. The van der Waals surface area contributed by atoms with Crippen molar-refractivity contribution in [1.82, 2.24) is 29.4 Å². The van der Waals surface area contributed by atoms with Crippen LogP contribution >= 0.6 is 0 Å². The van der Waals surface area contributed by atoms with Crippen molar-refractivity contribution in [2.75, 3.05) is 43.4 Å². The van der Waals surface area contributed by atoms with Crippen LogP contribution in [0.15, 0.2) is 42.6 Å². The van der Waals surface area contributed by atoms with Crippen molar-refractivity contribution in [2.24, 2.45) is 0 Å². The second-order valence-corrected chi connectivity index (χ2v) is 9.75. The molecule has 0 bridgehead atoms. The Balaban J connectivity index is 1.44. The van der Waals surface area contributed by atoms with E-state index in [0.29, 0.717) is 28.6 Å². The Labute approximate surface area is 205 Å². The number of imidazole rings is 1. The van der Waals surface area contributed by atoms with E-state index in [0.717, 1.165) is 37.7 Å². The summed E-state index contributed by atoms with van der Waals surface area (Å²) in [6.45, 7) is 11.7. The van der Waals surface area contributed by atoms with Gasteiger partial charge in [0.05, 0.1) is 11.9 Å². The number of aryl methyl sites for hydroxylation is 2. The molecule has 0 aliphatic carbocycles. The monoisotopic (exact) mass is 472 g/mol. The first-order valence-electron chi connectivity index (χ1n) is 11.9. The SMILES string of the molecule is Cc1cc(Nc2ncc3nc(C)n(-c4cccc(C(C)(C)O)n4)c3n2)ccc1N1CCN(C)CC1. The molecule has 0 atom stereocenters. The van der Waals surface area contributed by atoms with Crippen LogP contribution < -0.4 is 10.2 Å². The summed E-state index contributed by atoms with van der Waals surface area (Å²) in [5.41, 5.74) is 4.30. The van der Waals surface area contributed by atoms with Crippen molar-refractivity contribution >= 4 is 28.5 Å². The van der Waals surface area contributed by atoms with Crippen LogP contribution in [-0.4, -0.2) is 67.7 Å². The predicted molar refractivity (Wildman–Crippen MR) is 139 cm³/mol. The Bertz CT molecular complexity index is 1370. The minimum atomic E-state index is -1.05. The lowest BCUT2D eigenvalue weighted by Gasteiger charge is -2.35. The average Bonchev–Trinajstić information content (AvgIpc) is 3.14. The number of aromatic nitrogens is 5. The van der Waals surface area contributed by atoms with E-state index in [1.54, 1.807) is 20.0 Å². The van der Waals surface area contributed by atoms with E-state index in [4.69, 9.17) is 4.98 Å². The molecule has 1 saturated heterocycles. The maximum absolute atomic E-state index is 10.4. The van der Waals surface area contributed by atoms with Gasteiger partial charge in [-0.25, -0.2) is 15.0 Å². The zero-order chi connectivity index (χ0) is 24.7. The van der Waals surface area contributed by atoms with Gasteiger partial charge in [0.2, 0.25) is 5.95 Å². The molecule has 5 rings (SSSR count). The largest absolute Gasteiger partial charge is 0.384 e. The molecule has 1 fully saturated rings. The highest BCUT2D eigenvalue weighted by molar-refractivity contribution is 5.75. The number of piperazine rings is 1. The zero-order valence-electron chi connectivity index (χ0n) is 20.9. The third-order valence-corrected chi connectivity index (χ3v) is 6.45. The summed E-state index contributed by atoms with van der Waals surface area (Å²) in [6, 6.07) is 12.0. The predicted octanol–water partition coefficient (Wildman–Crippen LogP) is 3.55. The molecular formula is C26H32N8O. The highest BCUT2D eigenvalue weighted by atomic mass is 16.3. The maximum atomic E-state index is 10.4. The van der Waals surface area contributed by atoms with Gasteiger partial charge in [0.15, 0.2) is 5.65 Å². The lowest BCUT2D eigenvalue weighted by atomic mass is 10.1. The van der Waals surface area contributed by atoms with Gasteiger partial charge in [-0.15, -0.1) is 0 Å². The second kappa shape index (κ2) is 8.90. The molecule has 2 N–H and O–H groups in total. The molecule has 9 heteroatoms. The van der Waals surface area contributed by atoms with Crippen molar-refractivity contribution in [3.05, 3.63) is 59.7 Å². The molecule has 35 heavy (non-hydrogen) atoms. The summed E-state index contributed by atoms with van der Waals surface area (Å²) in [6.07, 6.45) is 1.72. The van der Waals surface area contributed by atoms with E-state index in [9.17, 15) is 5.11 Å². The number of anilines is 3. The summed E-state index contributed by atoms with van der Waals surface area (Å²) in [7, 11) is 2.17. The summed E-state index contributed by atoms with van der Waals surface area (Å²) in [4.78, 5) is 23.3. The number of rotatable bonds is 5. The van der Waals surface area contributed by atoms with Crippen molar-refractivity contribution < 1.29 is 5.11 Å². The molecule has 1 aromatic carbocycles. The van der Waals surface area contributed by atoms with Crippen LogP contribution in [-0.2, 0) is 5.60 Å². The Morgan fingerprint density at radius 1 is 0.971 bits per heavy atom. The van der Waals surface area contributed by atoms with E-state index < -0.39 is 5.60 Å². The fourth-order valence-corrected chi connectivity index (χ4v) is 4.48. The number of likely N-dealkylation sites (N-methyl/N-ethyl adjacent to an activating group) is 1. The molecule has 0 amide bonds. The highest BCUT2D eigenvalue weighted by Gasteiger charge is 2.20. The number of pyridine rings is 1. The summed E-state index contributed by atoms with van der Waals surface area (Å²) >= 11 is 0. The number of nitrogens with one attached hydrogen (secondary N) is 1. The quantitative estimate of drug-likeness (QED) is 0.455. The van der Waals surface area contributed by atoms with E-state index >= 15 is 0 Å². The number of benzene rings is 1. The van der Waals surface area contributed by atoms with Gasteiger partial charge in [0.1, 0.15) is 22.8 Å². The van der Waals surface area contributed by atoms with Crippen molar-refractivity contribution in [1.29, 1.82) is 0 Å². The highest BCUT2D eigenvalue weighted by Crippen LogP contribution is 2.27. The van der Waals surface area contributed by atoms with Gasteiger partial charge in [-0.05, 0) is 70.6 Å². The van der Waals surface area contributed by atoms with Crippen LogP contribution in [0.4, 0.5) is 17.3 Å². The molecule has 182 valence electrons. The first-order chi connectivity index (χ1) is 16.7. The minimum absolute atomic E-state index is 0.490. The topological polar surface area (TPSA) is 95.2 Å². The first kappa shape index (κ1) is 23.2. The third-order valence-electron chi connectivity index (χ3n) is 6.45. The van der Waals surface area contributed by atoms with Crippen LogP contribution in [0.2, 0.25) is 0 Å². The lowest BCUT2D eigenvalue weighted by molar-refractivity contribution is 0.0738. The van der Waals surface area contributed by atoms with Gasteiger partial charge < -0.3 is 20.2 Å². The summed E-state index contributed by atoms with van der Waals surface area (Å²) < 4.78 is 1.89. The van der Waals surface area contributed by atoms with Crippen LogP contribution in [0.5, 0.6) is 0 Å². The molecule has 4 heterocycles. The number of hydrogen-bond donors (Lipinski definition) is 2. The molecule has 1 aliphatic rings. The van der Waals surface area contributed by atoms with Gasteiger partial charge in [-0.2, -0.15) is 4.98 Å². The van der Waals surface area contributed by atoms with Crippen molar-refractivity contribution in [2.45, 2.75) is 33.3 Å². The molecule has 4 aromatic rings. The third kappa shape index (κ3) is 4.69. The Morgan fingerprint density at radius 3 is 2.46 bits per heavy atom. The van der Waals surface area contributed by atoms with Crippen LogP contribution in [0.3, 0.4) is 0 Å². The van der Waals surface area contributed by atoms with Gasteiger partial charge >= 0.3 is 0 Å². The van der Waals surface area contributed by atoms with Crippen LogP contribution in [0.1, 0.15) is 30.9 Å². The standard InChI is InChI=1S/C26H32N8O/c1-17-15-19(9-10-21(17)33-13-11-32(5)12-14-33)29-25-27-16-20-24(31-25)34(18(2)28-20)23-8-6-7-22(30-23)26(3,4)35/h6-10,15-16,35H,11-14H2,1-5H3,(H,27,29,31). The molecular weight excluding hydrogens is 440 g/mol. The summed E-state index contributed by atoms with van der Waals surface area (Å²) in [5, 5.41) is 13.8. The first-order valence-corrected chi connectivity index (χ1v) is 11.9. The number of fused-ring (bicyclic) bond motifs is 1. The second-order valence-electron chi connectivity index (χ2n) is 9.75. The minimum Gasteiger partial charge on any atom is -0.384 e. The molecule has 9 nitrogen and oxygen atoms in total. The van der Waals surface area contributed by atoms with E-state index in [2.05, 4.69) is 62.2 Å². The van der Waals surface area contributed by atoms with Gasteiger partial charge in [0, 0.05) is 37.6 Å². The number of hydrogen-bond acceptors (Lipinski definition) is 8. The number of nitrogens with zero attached hydrogens (tertiary/aromatic N) is 7. The summed E-state index contributed by atoms with van der Waals surface area (Å²) in [5.74, 6) is 1.89. The lowest BCUT2D eigenvalue weighted by Crippen LogP contribution is -2.44. The smallest absolute Gasteiger partial charge is 0.229 e. The average molecular weight is 473 g/mol. The normalized spacial score (nSPS) is 15.1. The molecule has 1 aliphatic heterocycles. The molecule has 0 spiro atoms. The maximum Gasteiger partial charge on any atom is 0.229 e. The Hall–Kier alpha value is -3.56. The van der Waals surface area contributed by atoms with Gasteiger partial charge in [-0.3, -0.25) is 4.57 Å². The Kier molecular flexibility index (Phi) is 5.90. The molecule has 0 unspecified atom stereocenters. The fourth-order valence-electron chi connectivity index (χ4n) is 4.48. The van der Waals surface area contributed by atoms with E-state index in [1.165, 1.54) is 11.3 Å². The molecule has 0 radical (unpaired) electrons. The van der Waals surface area contributed by atoms with Gasteiger partial charge in [-0.1, -0.05) is 6.07 Å². The molecule has 0 saturated carbocycles. The van der Waals surface area contributed by atoms with Crippen LogP contribution in [0, 0.1) is 13.8 Å². The Morgan fingerprint density at radius 2 is 1.74 bits per heavy atom.